The van der Waals surface area contributed by atoms with Crippen LogP contribution in [0.25, 0.3) is 0 Å². The number of hydrogen-bond acceptors (Lipinski definition) is 3. The van der Waals surface area contributed by atoms with E-state index in [9.17, 15) is 4.79 Å². The summed E-state index contributed by atoms with van der Waals surface area (Å²) in [6, 6.07) is 26.7. The normalized spacial score (nSPS) is 9.49. The van der Waals surface area contributed by atoms with Crippen molar-refractivity contribution in [1.82, 2.24) is 5.32 Å². The van der Waals surface area contributed by atoms with Gasteiger partial charge >= 0.3 is 0 Å². The average Bonchev–Trinajstić information content (AvgIpc) is 2.89. The predicted molar refractivity (Wildman–Crippen MR) is 150 cm³/mol. The van der Waals surface area contributed by atoms with Gasteiger partial charge < -0.3 is 15.4 Å². The summed E-state index contributed by atoms with van der Waals surface area (Å²) in [5, 5.41) is 5.93. The van der Waals surface area contributed by atoms with E-state index < -0.39 is 0 Å². The average molecular weight is 475 g/mol. The van der Waals surface area contributed by atoms with E-state index in [0.29, 0.717) is 13.0 Å². The summed E-state index contributed by atoms with van der Waals surface area (Å²) in [7, 11) is 0. The van der Waals surface area contributed by atoms with Crippen LogP contribution in [0.3, 0.4) is 0 Å². The molecule has 0 bridgehead atoms. The third kappa shape index (κ3) is 13.7. The first-order valence-electron chi connectivity index (χ1n) is 12.5. The summed E-state index contributed by atoms with van der Waals surface area (Å²) < 4.78 is 5.89. The Morgan fingerprint density at radius 3 is 2.06 bits per heavy atom. The highest BCUT2D eigenvalue weighted by Crippen LogP contribution is 2.25. The van der Waals surface area contributed by atoms with E-state index >= 15 is 0 Å². The Labute approximate surface area is 212 Å². The summed E-state index contributed by atoms with van der Waals surface area (Å²) in [5.74, 6) is 0.910. The van der Waals surface area contributed by atoms with Crippen LogP contribution in [0.5, 0.6) is 5.75 Å². The molecule has 0 heterocycles. The molecule has 0 aliphatic heterocycles. The van der Waals surface area contributed by atoms with E-state index in [4.69, 9.17) is 4.74 Å². The number of benzene rings is 3. The Kier molecular flexibility index (Phi) is 15.9. The van der Waals surface area contributed by atoms with Crippen LogP contribution in [0.2, 0.25) is 0 Å². The molecule has 4 nitrogen and oxygen atoms in total. The molecular weight excluding hydrogens is 432 g/mol. The SMILES string of the molecule is C=C(CCC)Nc1ccc(OCc2ccccc2)cc1CC.CCCNC=O.Cc1ccccc1. The van der Waals surface area contributed by atoms with Crippen molar-refractivity contribution < 1.29 is 9.53 Å². The molecule has 0 aromatic heterocycles. The molecule has 0 unspecified atom stereocenters. The standard InChI is InChI=1S/C20H25NO.C7H8.C4H9NO/c1-4-9-16(3)21-20-13-12-19(14-18(20)5-2)22-15-17-10-7-6-8-11-17;1-7-5-3-2-4-6-7;1-2-3-5-4-6/h6-8,10-14,21H,3-5,9,15H2,1-2H3;2-6H,1H3;4H,2-3H2,1H3,(H,5,6). The largest absolute Gasteiger partial charge is 0.489 e. The number of anilines is 1. The van der Waals surface area contributed by atoms with Gasteiger partial charge in [-0.2, -0.15) is 0 Å². The molecule has 0 radical (unpaired) electrons. The molecule has 188 valence electrons. The monoisotopic (exact) mass is 474 g/mol. The number of amides is 1. The van der Waals surface area contributed by atoms with Crippen LogP contribution in [0.15, 0.2) is 91.1 Å². The van der Waals surface area contributed by atoms with E-state index in [1.165, 1.54) is 16.7 Å². The maximum Gasteiger partial charge on any atom is 0.207 e. The summed E-state index contributed by atoms with van der Waals surface area (Å²) in [4.78, 5) is 9.45. The van der Waals surface area contributed by atoms with Gasteiger partial charge in [-0.3, -0.25) is 4.79 Å². The molecule has 0 fully saturated rings. The molecule has 0 saturated carbocycles. The molecule has 0 spiro atoms. The highest BCUT2D eigenvalue weighted by atomic mass is 16.5. The summed E-state index contributed by atoms with van der Waals surface area (Å²) >= 11 is 0. The molecule has 0 aliphatic rings. The van der Waals surface area contributed by atoms with Gasteiger partial charge in [0.05, 0.1) is 0 Å². The topological polar surface area (TPSA) is 50.4 Å². The quantitative estimate of drug-likeness (QED) is 0.221. The second kappa shape index (κ2) is 18.8. The fraction of sp³-hybridized carbons (Fsp3) is 0.323. The minimum Gasteiger partial charge on any atom is -0.489 e. The number of nitrogens with one attached hydrogen (secondary N) is 2. The minimum atomic E-state index is 0.597. The molecule has 3 aromatic carbocycles. The van der Waals surface area contributed by atoms with Gasteiger partial charge in [-0.15, -0.1) is 0 Å². The van der Waals surface area contributed by atoms with Gasteiger partial charge in [-0.1, -0.05) is 100.0 Å². The minimum absolute atomic E-state index is 0.597. The first-order valence-corrected chi connectivity index (χ1v) is 12.5. The molecule has 3 aromatic rings. The molecule has 0 aliphatic carbocycles. The van der Waals surface area contributed by atoms with Crippen LogP contribution in [-0.4, -0.2) is 13.0 Å². The fourth-order valence-electron chi connectivity index (χ4n) is 3.11. The van der Waals surface area contributed by atoms with E-state index in [0.717, 1.165) is 49.4 Å². The number of hydrogen-bond donors (Lipinski definition) is 2. The number of allylic oxidation sites excluding steroid dienone is 1. The van der Waals surface area contributed by atoms with E-state index in [1.807, 2.05) is 49.4 Å². The Morgan fingerprint density at radius 1 is 0.914 bits per heavy atom. The third-order valence-corrected chi connectivity index (χ3v) is 4.99. The first kappa shape index (κ1) is 29.5. The van der Waals surface area contributed by atoms with Crippen LogP contribution >= 0.6 is 0 Å². The molecular formula is C31H42N2O2. The van der Waals surface area contributed by atoms with Crippen LogP contribution in [0.4, 0.5) is 5.69 Å². The molecule has 35 heavy (non-hydrogen) atoms. The maximum atomic E-state index is 9.45. The van der Waals surface area contributed by atoms with Gasteiger partial charge in [-0.05, 0) is 55.5 Å². The van der Waals surface area contributed by atoms with Crippen molar-refractivity contribution in [2.75, 3.05) is 11.9 Å². The van der Waals surface area contributed by atoms with Crippen molar-refractivity contribution in [2.45, 2.75) is 60.0 Å². The van der Waals surface area contributed by atoms with E-state index in [2.05, 4.69) is 74.4 Å². The summed E-state index contributed by atoms with van der Waals surface area (Å²) in [5.41, 5.74) is 5.95. The zero-order chi connectivity index (χ0) is 25.7. The fourth-order valence-corrected chi connectivity index (χ4v) is 3.11. The zero-order valence-corrected chi connectivity index (χ0v) is 21.8. The Morgan fingerprint density at radius 2 is 1.57 bits per heavy atom. The maximum absolute atomic E-state index is 9.45. The van der Waals surface area contributed by atoms with Crippen LogP contribution in [0.1, 0.15) is 56.7 Å². The van der Waals surface area contributed by atoms with Crippen molar-refractivity contribution in [3.05, 3.63) is 108 Å². The van der Waals surface area contributed by atoms with Crippen molar-refractivity contribution >= 4 is 12.1 Å². The molecule has 1 amide bonds. The Bertz CT molecular complexity index is 956. The molecule has 4 heteroatoms. The lowest BCUT2D eigenvalue weighted by Crippen LogP contribution is -2.10. The van der Waals surface area contributed by atoms with E-state index in [-0.39, 0.29) is 0 Å². The number of ether oxygens (including phenoxy) is 1. The highest BCUT2D eigenvalue weighted by Gasteiger charge is 2.05. The van der Waals surface area contributed by atoms with Gasteiger partial charge in [-0.25, -0.2) is 0 Å². The highest BCUT2D eigenvalue weighted by molar-refractivity contribution is 5.57. The Balaban J connectivity index is 0.000000384. The lowest BCUT2D eigenvalue weighted by molar-refractivity contribution is -0.109. The summed E-state index contributed by atoms with van der Waals surface area (Å²) in [6.07, 6.45) is 4.79. The van der Waals surface area contributed by atoms with Gasteiger partial charge in [0.2, 0.25) is 6.41 Å². The number of rotatable bonds is 11. The van der Waals surface area contributed by atoms with Crippen molar-refractivity contribution in [3.8, 4) is 5.75 Å². The van der Waals surface area contributed by atoms with Gasteiger partial charge in [0, 0.05) is 17.9 Å². The van der Waals surface area contributed by atoms with Crippen LogP contribution in [0, 0.1) is 6.92 Å². The summed E-state index contributed by atoms with van der Waals surface area (Å²) in [6.45, 7) is 13.9. The molecule has 0 saturated heterocycles. The lowest BCUT2D eigenvalue weighted by atomic mass is 10.1. The van der Waals surface area contributed by atoms with Crippen molar-refractivity contribution in [3.63, 3.8) is 0 Å². The number of aryl methyl sites for hydroxylation is 2. The second-order valence-corrected chi connectivity index (χ2v) is 8.15. The van der Waals surface area contributed by atoms with E-state index in [1.54, 1.807) is 0 Å². The van der Waals surface area contributed by atoms with Crippen molar-refractivity contribution in [1.29, 1.82) is 0 Å². The first-order chi connectivity index (χ1) is 17.0. The predicted octanol–water partition coefficient (Wildman–Crippen LogP) is 7.69. The van der Waals surface area contributed by atoms with Crippen molar-refractivity contribution in [2.24, 2.45) is 0 Å². The van der Waals surface area contributed by atoms with Gasteiger partial charge in [0.1, 0.15) is 12.4 Å². The molecule has 3 rings (SSSR count). The molecule has 0 atom stereocenters. The zero-order valence-electron chi connectivity index (χ0n) is 21.8. The number of carbonyl (C=O) groups is 1. The van der Waals surface area contributed by atoms with Gasteiger partial charge in [0.15, 0.2) is 0 Å². The Hall–Kier alpha value is -3.53. The van der Waals surface area contributed by atoms with Crippen LogP contribution < -0.4 is 15.4 Å². The second-order valence-electron chi connectivity index (χ2n) is 8.15. The smallest absolute Gasteiger partial charge is 0.207 e. The van der Waals surface area contributed by atoms with Gasteiger partial charge in [0.25, 0.3) is 0 Å². The molecule has 2 N–H and O–H groups in total. The third-order valence-electron chi connectivity index (χ3n) is 4.99. The van der Waals surface area contributed by atoms with Crippen LogP contribution in [-0.2, 0) is 17.8 Å². The lowest BCUT2D eigenvalue weighted by Gasteiger charge is -2.15. The number of carbonyl (C=O) groups excluding carboxylic acids is 1.